The Hall–Kier alpha value is -2.79. The van der Waals surface area contributed by atoms with Crippen LogP contribution >= 0.6 is 0 Å². The highest BCUT2D eigenvalue weighted by Gasteiger charge is 2.13. The number of hydrogen-bond donors (Lipinski definition) is 0. The lowest BCUT2D eigenvalue weighted by Crippen LogP contribution is -2.07. The number of ether oxygens (including phenoxy) is 1. The van der Waals surface area contributed by atoms with E-state index in [1.165, 1.54) is 0 Å². The fourth-order valence-corrected chi connectivity index (χ4v) is 1.85. The second kappa shape index (κ2) is 7.72. The van der Waals surface area contributed by atoms with E-state index in [2.05, 4.69) is 11.8 Å². The standard InChI is InChI=1S/C19H16O2/c1-2-3-14-21-19(20)18(17-12-8-5-9-13-17)15-16-10-6-4-7-11-16/h4-13,15H,14H2,1H3/b18-15+. The Labute approximate surface area is 125 Å². The summed E-state index contributed by atoms with van der Waals surface area (Å²) in [6.45, 7) is 1.82. The molecule has 2 heteroatoms. The van der Waals surface area contributed by atoms with Crippen LogP contribution in [-0.2, 0) is 9.53 Å². The zero-order valence-electron chi connectivity index (χ0n) is 11.9. The van der Waals surface area contributed by atoms with Gasteiger partial charge in [-0.1, -0.05) is 66.6 Å². The highest BCUT2D eigenvalue weighted by atomic mass is 16.5. The first-order chi connectivity index (χ1) is 10.3. The number of benzene rings is 2. The van der Waals surface area contributed by atoms with Gasteiger partial charge in [0.05, 0.1) is 5.57 Å². The van der Waals surface area contributed by atoms with Crippen LogP contribution < -0.4 is 0 Å². The third-order valence-corrected chi connectivity index (χ3v) is 2.87. The largest absolute Gasteiger partial charge is 0.449 e. The Kier molecular flexibility index (Phi) is 5.37. The van der Waals surface area contributed by atoms with Gasteiger partial charge >= 0.3 is 5.97 Å². The smallest absolute Gasteiger partial charge is 0.339 e. The molecule has 2 nitrogen and oxygen atoms in total. The molecule has 0 saturated heterocycles. The lowest BCUT2D eigenvalue weighted by molar-refractivity contribution is -0.135. The second-order valence-electron chi connectivity index (χ2n) is 4.34. The predicted molar refractivity (Wildman–Crippen MR) is 85.2 cm³/mol. The van der Waals surface area contributed by atoms with Gasteiger partial charge in [0.1, 0.15) is 0 Å². The van der Waals surface area contributed by atoms with Crippen LogP contribution in [0.1, 0.15) is 18.1 Å². The van der Waals surface area contributed by atoms with E-state index in [-0.39, 0.29) is 12.6 Å². The molecule has 0 aliphatic heterocycles. The van der Waals surface area contributed by atoms with Crippen LogP contribution in [0.2, 0.25) is 0 Å². The second-order valence-corrected chi connectivity index (χ2v) is 4.34. The number of carbonyl (C=O) groups excluding carboxylic acids is 1. The van der Waals surface area contributed by atoms with Crippen molar-refractivity contribution < 1.29 is 9.53 Å². The van der Waals surface area contributed by atoms with Crippen molar-refractivity contribution in [3.63, 3.8) is 0 Å². The summed E-state index contributed by atoms with van der Waals surface area (Å²) in [5.74, 6) is 5.07. The Morgan fingerprint density at radius 1 is 1.05 bits per heavy atom. The van der Waals surface area contributed by atoms with Crippen molar-refractivity contribution in [1.29, 1.82) is 0 Å². The summed E-state index contributed by atoms with van der Waals surface area (Å²) in [6, 6.07) is 19.2. The molecule has 0 unspecified atom stereocenters. The van der Waals surface area contributed by atoms with Crippen LogP contribution in [0.4, 0.5) is 0 Å². The lowest BCUT2D eigenvalue weighted by Gasteiger charge is -2.07. The average Bonchev–Trinajstić information content (AvgIpc) is 2.54. The molecule has 0 aliphatic rings. The predicted octanol–water partition coefficient (Wildman–Crippen LogP) is 3.79. The normalized spacial score (nSPS) is 10.4. The molecule has 0 N–H and O–H groups in total. The van der Waals surface area contributed by atoms with Gasteiger partial charge in [-0.2, -0.15) is 0 Å². The molecule has 0 fully saturated rings. The van der Waals surface area contributed by atoms with Crippen LogP contribution in [0.5, 0.6) is 0 Å². The third kappa shape index (κ3) is 4.36. The van der Waals surface area contributed by atoms with Crippen molar-refractivity contribution in [1.82, 2.24) is 0 Å². The first-order valence-corrected chi connectivity index (χ1v) is 6.70. The number of carbonyl (C=O) groups is 1. The molecule has 0 radical (unpaired) electrons. The molecule has 2 aromatic rings. The molecular formula is C19H16O2. The van der Waals surface area contributed by atoms with Crippen LogP contribution in [0, 0.1) is 11.8 Å². The van der Waals surface area contributed by atoms with Crippen LogP contribution in [0.25, 0.3) is 11.6 Å². The Morgan fingerprint density at radius 2 is 1.67 bits per heavy atom. The summed E-state index contributed by atoms with van der Waals surface area (Å²) in [7, 11) is 0. The third-order valence-electron chi connectivity index (χ3n) is 2.87. The minimum atomic E-state index is -0.368. The van der Waals surface area contributed by atoms with Crippen molar-refractivity contribution in [2.75, 3.05) is 6.61 Å². The van der Waals surface area contributed by atoms with Crippen LogP contribution in [0.3, 0.4) is 0 Å². The molecule has 0 aromatic heterocycles. The highest BCUT2D eigenvalue weighted by Crippen LogP contribution is 2.19. The van der Waals surface area contributed by atoms with E-state index >= 15 is 0 Å². The topological polar surface area (TPSA) is 26.3 Å². The maximum Gasteiger partial charge on any atom is 0.339 e. The van der Waals surface area contributed by atoms with Gasteiger partial charge in [-0.15, -0.1) is 5.92 Å². The van der Waals surface area contributed by atoms with Gasteiger partial charge in [0.2, 0.25) is 0 Å². The van der Waals surface area contributed by atoms with Crippen molar-refractivity contribution in [2.24, 2.45) is 0 Å². The van der Waals surface area contributed by atoms with Gasteiger partial charge in [-0.05, 0) is 24.1 Å². The monoisotopic (exact) mass is 276 g/mol. The van der Waals surface area contributed by atoms with Crippen LogP contribution in [0.15, 0.2) is 60.7 Å². The SMILES string of the molecule is CC#CCOC(=O)/C(=C/c1ccccc1)c1ccccc1. The Bertz CT molecular complexity index is 674. The van der Waals surface area contributed by atoms with Gasteiger partial charge in [-0.25, -0.2) is 4.79 Å². The van der Waals surface area contributed by atoms with E-state index in [0.29, 0.717) is 5.57 Å². The molecule has 0 aliphatic carbocycles. The van der Waals surface area contributed by atoms with E-state index in [1.807, 2.05) is 66.7 Å². The molecule has 104 valence electrons. The van der Waals surface area contributed by atoms with Crippen LogP contribution in [-0.4, -0.2) is 12.6 Å². The van der Waals surface area contributed by atoms with Gasteiger partial charge in [0, 0.05) is 0 Å². The summed E-state index contributed by atoms with van der Waals surface area (Å²) in [5, 5.41) is 0. The lowest BCUT2D eigenvalue weighted by atomic mass is 10.0. The molecule has 0 bridgehead atoms. The fraction of sp³-hybridized carbons (Fsp3) is 0.105. The zero-order valence-corrected chi connectivity index (χ0v) is 11.9. The number of esters is 1. The van der Waals surface area contributed by atoms with Gasteiger partial charge < -0.3 is 4.74 Å². The van der Waals surface area contributed by atoms with Gasteiger partial charge in [0.25, 0.3) is 0 Å². The molecule has 0 amide bonds. The van der Waals surface area contributed by atoms with E-state index in [4.69, 9.17) is 4.74 Å². The molecule has 0 heterocycles. The van der Waals surface area contributed by atoms with E-state index in [1.54, 1.807) is 6.92 Å². The molecule has 0 atom stereocenters. The number of rotatable bonds is 4. The summed E-state index contributed by atoms with van der Waals surface area (Å²) >= 11 is 0. The van der Waals surface area contributed by atoms with Crippen molar-refractivity contribution in [3.05, 3.63) is 71.8 Å². The Morgan fingerprint density at radius 3 is 2.29 bits per heavy atom. The molecule has 2 aromatic carbocycles. The van der Waals surface area contributed by atoms with Crippen molar-refractivity contribution in [3.8, 4) is 11.8 Å². The first kappa shape index (κ1) is 14.6. The average molecular weight is 276 g/mol. The van der Waals surface area contributed by atoms with E-state index in [0.717, 1.165) is 11.1 Å². The van der Waals surface area contributed by atoms with Crippen molar-refractivity contribution >= 4 is 17.6 Å². The summed E-state index contributed by atoms with van der Waals surface area (Å²) in [4.78, 5) is 12.3. The maximum atomic E-state index is 12.3. The molecule has 2 rings (SSSR count). The molecule has 21 heavy (non-hydrogen) atoms. The minimum Gasteiger partial charge on any atom is -0.449 e. The fourth-order valence-electron chi connectivity index (χ4n) is 1.85. The van der Waals surface area contributed by atoms with Crippen molar-refractivity contribution in [2.45, 2.75) is 6.92 Å². The first-order valence-electron chi connectivity index (χ1n) is 6.70. The molecule has 0 saturated carbocycles. The van der Waals surface area contributed by atoms with Gasteiger partial charge in [0.15, 0.2) is 6.61 Å². The highest BCUT2D eigenvalue weighted by molar-refractivity contribution is 6.21. The van der Waals surface area contributed by atoms with E-state index < -0.39 is 0 Å². The maximum absolute atomic E-state index is 12.3. The summed E-state index contributed by atoms with van der Waals surface area (Å²) in [6.07, 6.45) is 1.83. The summed E-state index contributed by atoms with van der Waals surface area (Å²) < 4.78 is 5.19. The number of hydrogen-bond acceptors (Lipinski definition) is 2. The van der Waals surface area contributed by atoms with E-state index in [9.17, 15) is 4.79 Å². The summed E-state index contributed by atoms with van der Waals surface area (Å²) in [5.41, 5.74) is 2.31. The van der Waals surface area contributed by atoms with Gasteiger partial charge in [-0.3, -0.25) is 0 Å². The minimum absolute atomic E-state index is 0.105. The Balaban J connectivity index is 2.32. The quantitative estimate of drug-likeness (QED) is 0.367. The zero-order chi connectivity index (χ0) is 14.9. The molecule has 0 spiro atoms. The molecular weight excluding hydrogens is 260 g/mol.